The SMILES string of the molecule is Cc1cc(N)ccc1Oc1nccc(C)c1C(N)=O. The van der Waals surface area contributed by atoms with Crippen molar-refractivity contribution < 1.29 is 9.53 Å². The molecule has 0 fully saturated rings. The molecule has 5 heteroatoms. The van der Waals surface area contributed by atoms with Crippen molar-refractivity contribution in [3.8, 4) is 11.6 Å². The van der Waals surface area contributed by atoms with Gasteiger partial charge in [0.2, 0.25) is 5.88 Å². The van der Waals surface area contributed by atoms with Gasteiger partial charge in [0.05, 0.1) is 0 Å². The maximum absolute atomic E-state index is 11.5. The van der Waals surface area contributed by atoms with Gasteiger partial charge in [-0.15, -0.1) is 0 Å². The van der Waals surface area contributed by atoms with Gasteiger partial charge in [0.25, 0.3) is 5.91 Å². The van der Waals surface area contributed by atoms with Crippen LogP contribution < -0.4 is 16.2 Å². The maximum Gasteiger partial charge on any atom is 0.254 e. The van der Waals surface area contributed by atoms with E-state index < -0.39 is 5.91 Å². The van der Waals surface area contributed by atoms with E-state index in [4.69, 9.17) is 16.2 Å². The van der Waals surface area contributed by atoms with E-state index in [1.165, 1.54) is 0 Å². The number of carbonyl (C=O) groups is 1. The highest BCUT2D eigenvalue weighted by Gasteiger charge is 2.15. The lowest BCUT2D eigenvalue weighted by Gasteiger charge is -2.12. The van der Waals surface area contributed by atoms with Gasteiger partial charge in [-0.05, 0) is 49.2 Å². The summed E-state index contributed by atoms with van der Waals surface area (Å²) in [6, 6.07) is 6.96. The van der Waals surface area contributed by atoms with Crippen LogP contribution in [-0.2, 0) is 0 Å². The van der Waals surface area contributed by atoms with Crippen LogP contribution >= 0.6 is 0 Å². The number of nitrogens with two attached hydrogens (primary N) is 2. The second kappa shape index (κ2) is 4.97. The fraction of sp³-hybridized carbons (Fsp3) is 0.143. The van der Waals surface area contributed by atoms with E-state index in [-0.39, 0.29) is 5.88 Å². The second-order valence-electron chi connectivity index (χ2n) is 4.30. The first-order valence-corrected chi connectivity index (χ1v) is 5.78. The van der Waals surface area contributed by atoms with Crippen LogP contribution in [0.4, 0.5) is 5.69 Å². The number of hydrogen-bond donors (Lipinski definition) is 2. The molecule has 0 bridgehead atoms. The van der Waals surface area contributed by atoms with E-state index in [0.29, 0.717) is 17.0 Å². The lowest BCUT2D eigenvalue weighted by atomic mass is 10.1. The first-order chi connectivity index (χ1) is 8.99. The summed E-state index contributed by atoms with van der Waals surface area (Å²) in [5, 5.41) is 0. The fourth-order valence-corrected chi connectivity index (χ4v) is 1.80. The van der Waals surface area contributed by atoms with Crippen LogP contribution in [0, 0.1) is 13.8 Å². The molecule has 0 saturated carbocycles. The van der Waals surface area contributed by atoms with Crippen LogP contribution in [0.1, 0.15) is 21.5 Å². The number of anilines is 1. The van der Waals surface area contributed by atoms with Crippen molar-refractivity contribution in [3.63, 3.8) is 0 Å². The standard InChI is InChI=1S/C14H15N3O2/c1-8-5-6-17-14(12(8)13(16)18)19-11-4-3-10(15)7-9(11)2/h3-7H,15H2,1-2H3,(H2,16,18). The number of ether oxygens (including phenoxy) is 1. The van der Waals surface area contributed by atoms with Crippen LogP contribution in [0.3, 0.4) is 0 Å². The van der Waals surface area contributed by atoms with Crippen molar-refractivity contribution in [2.24, 2.45) is 5.73 Å². The molecule has 1 aromatic carbocycles. The minimum atomic E-state index is -0.561. The van der Waals surface area contributed by atoms with Crippen molar-refractivity contribution in [1.82, 2.24) is 4.98 Å². The largest absolute Gasteiger partial charge is 0.438 e. The van der Waals surface area contributed by atoms with Gasteiger partial charge >= 0.3 is 0 Å². The highest BCUT2D eigenvalue weighted by atomic mass is 16.5. The molecule has 1 heterocycles. The van der Waals surface area contributed by atoms with Gasteiger partial charge in [-0.3, -0.25) is 4.79 Å². The molecule has 0 unspecified atom stereocenters. The van der Waals surface area contributed by atoms with E-state index in [1.54, 1.807) is 37.4 Å². The van der Waals surface area contributed by atoms with E-state index in [0.717, 1.165) is 11.1 Å². The van der Waals surface area contributed by atoms with E-state index >= 15 is 0 Å². The molecule has 0 atom stereocenters. The number of nitrogen functional groups attached to an aromatic ring is 1. The van der Waals surface area contributed by atoms with Crippen molar-refractivity contribution in [1.29, 1.82) is 0 Å². The molecule has 19 heavy (non-hydrogen) atoms. The smallest absolute Gasteiger partial charge is 0.254 e. The van der Waals surface area contributed by atoms with Gasteiger partial charge in [0.15, 0.2) is 0 Å². The average Bonchev–Trinajstić information content (AvgIpc) is 2.32. The van der Waals surface area contributed by atoms with Crippen LogP contribution in [0.2, 0.25) is 0 Å². The number of nitrogens with zero attached hydrogens (tertiary/aromatic N) is 1. The number of primary amides is 1. The van der Waals surface area contributed by atoms with Crippen LogP contribution in [0.15, 0.2) is 30.5 Å². The highest BCUT2D eigenvalue weighted by molar-refractivity contribution is 5.96. The minimum Gasteiger partial charge on any atom is -0.438 e. The quantitative estimate of drug-likeness (QED) is 0.824. The van der Waals surface area contributed by atoms with E-state index in [9.17, 15) is 4.79 Å². The molecule has 0 aliphatic heterocycles. The van der Waals surface area contributed by atoms with Gasteiger partial charge in [-0.1, -0.05) is 0 Å². The Hall–Kier alpha value is -2.56. The predicted molar refractivity (Wildman–Crippen MR) is 73.2 cm³/mol. The number of hydrogen-bond acceptors (Lipinski definition) is 4. The fourth-order valence-electron chi connectivity index (χ4n) is 1.80. The van der Waals surface area contributed by atoms with Crippen LogP contribution in [0.25, 0.3) is 0 Å². The lowest BCUT2D eigenvalue weighted by Crippen LogP contribution is -2.14. The van der Waals surface area contributed by atoms with Crippen LogP contribution in [-0.4, -0.2) is 10.9 Å². The molecule has 98 valence electrons. The molecular weight excluding hydrogens is 242 g/mol. The third-order valence-corrected chi connectivity index (χ3v) is 2.78. The molecule has 0 radical (unpaired) electrons. The van der Waals surface area contributed by atoms with Gasteiger partial charge in [0.1, 0.15) is 11.3 Å². The summed E-state index contributed by atoms with van der Waals surface area (Å²) < 4.78 is 5.67. The Morgan fingerprint density at radius 3 is 2.58 bits per heavy atom. The first-order valence-electron chi connectivity index (χ1n) is 5.78. The van der Waals surface area contributed by atoms with E-state index in [1.807, 2.05) is 6.92 Å². The second-order valence-corrected chi connectivity index (χ2v) is 4.30. The number of aryl methyl sites for hydroxylation is 2. The number of benzene rings is 1. The number of amides is 1. The van der Waals surface area contributed by atoms with Gasteiger partial charge < -0.3 is 16.2 Å². The normalized spacial score (nSPS) is 10.2. The van der Waals surface area contributed by atoms with E-state index in [2.05, 4.69) is 4.98 Å². The monoisotopic (exact) mass is 257 g/mol. The molecule has 2 aromatic rings. The third kappa shape index (κ3) is 2.65. The highest BCUT2D eigenvalue weighted by Crippen LogP contribution is 2.28. The molecule has 2 rings (SSSR count). The van der Waals surface area contributed by atoms with Crippen molar-refractivity contribution in [3.05, 3.63) is 47.2 Å². The zero-order valence-corrected chi connectivity index (χ0v) is 10.8. The molecule has 1 aromatic heterocycles. The van der Waals surface area contributed by atoms with Crippen LogP contribution in [0.5, 0.6) is 11.6 Å². The summed E-state index contributed by atoms with van der Waals surface area (Å²) in [7, 11) is 0. The summed E-state index contributed by atoms with van der Waals surface area (Å²) in [4.78, 5) is 15.5. The Labute approximate surface area is 111 Å². The summed E-state index contributed by atoms with van der Waals surface area (Å²) in [5.41, 5.74) is 13.6. The van der Waals surface area contributed by atoms with Crippen molar-refractivity contribution in [2.75, 3.05) is 5.73 Å². The molecule has 5 nitrogen and oxygen atoms in total. The Balaban J connectivity index is 2.44. The van der Waals surface area contributed by atoms with Gasteiger partial charge in [-0.25, -0.2) is 4.98 Å². The zero-order chi connectivity index (χ0) is 14.0. The Bertz CT molecular complexity index is 639. The minimum absolute atomic E-state index is 0.209. The Morgan fingerprint density at radius 2 is 1.95 bits per heavy atom. The van der Waals surface area contributed by atoms with Gasteiger partial charge in [-0.2, -0.15) is 0 Å². The molecule has 0 saturated heterocycles. The molecule has 0 aliphatic rings. The molecule has 0 aliphatic carbocycles. The number of pyridine rings is 1. The van der Waals surface area contributed by atoms with Crippen molar-refractivity contribution >= 4 is 11.6 Å². The molecule has 0 spiro atoms. The average molecular weight is 257 g/mol. The summed E-state index contributed by atoms with van der Waals surface area (Å²) in [6.45, 7) is 3.65. The Morgan fingerprint density at radius 1 is 1.21 bits per heavy atom. The maximum atomic E-state index is 11.5. The number of carbonyl (C=O) groups excluding carboxylic acids is 1. The predicted octanol–water partition coefficient (Wildman–Crippen LogP) is 2.17. The topological polar surface area (TPSA) is 91.2 Å². The summed E-state index contributed by atoms with van der Waals surface area (Å²) in [5.74, 6) is 0.240. The lowest BCUT2D eigenvalue weighted by molar-refractivity contribution is 0.0997. The van der Waals surface area contributed by atoms with Crippen molar-refractivity contribution in [2.45, 2.75) is 13.8 Å². The number of aromatic nitrogens is 1. The van der Waals surface area contributed by atoms with Gasteiger partial charge in [0, 0.05) is 11.9 Å². The summed E-state index contributed by atoms with van der Waals surface area (Å²) in [6.07, 6.45) is 1.57. The zero-order valence-electron chi connectivity index (χ0n) is 10.8. The number of rotatable bonds is 3. The summed E-state index contributed by atoms with van der Waals surface area (Å²) >= 11 is 0. The molecule has 1 amide bonds. The molecular formula is C14H15N3O2. The first kappa shape index (κ1) is 12.9. The molecule has 4 N–H and O–H groups in total. The third-order valence-electron chi connectivity index (χ3n) is 2.78. The Kier molecular flexibility index (Phi) is 3.37.